The van der Waals surface area contributed by atoms with E-state index in [1.54, 1.807) is 24.3 Å². The zero-order valence-corrected chi connectivity index (χ0v) is 16.7. The van der Waals surface area contributed by atoms with E-state index >= 15 is 0 Å². The second-order valence-electron chi connectivity index (χ2n) is 7.80. The smallest absolute Gasteiger partial charge is 0.335 e. The molecule has 1 fully saturated rings. The standard InChI is InChI=1S/C23H27N3O3/c1-24-20-7-3-18(4-8-20)11-14-26-15-12-23(29,13-16-26)17-25(2)21-9-5-19(6-10-21)22(27)28/h3-10,29H,11-17H2,2H3,(H,27,28). The Balaban J connectivity index is 1.48. The predicted molar refractivity (Wildman–Crippen MR) is 114 cm³/mol. The number of hydrogen-bond donors (Lipinski definition) is 2. The second-order valence-corrected chi connectivity index (χ2v) is 7.80. The highest BCUT2D eigenvalue weighted by Gasteiger charge is 2.33. The molecule has 3 rings (SSSR count). The fourth-order valence-electron chi connectivity index (χ4n) is 3.77. The molecule has 2 aromatic carbocycles. The van der Waals surface area contributed by atoms with E-state index < -0.39 is 11.6 Å². The van der Waals surface area contributed by atoms with Gasteiger partial charge in [0.05, 0.1) is 17.7 Å². The summed E-state index contributed by atoms with van der Waals surface area (Å²) in [6.45, 7) is 10.2. The monoisotopic (exact) mass is 393 g/mol. The molecule has 6 nitrogen and oxygen atoms in total. The molecule has 0 radical (unpaired) electrons. The van der Waals surface area contributed by atoms with Crippen LogP contribution in [0.4, 0.5) is 11.4 Å². The average molecular weight is 393 g/mol. The molecule has 152 valence electrons. The Morgan fingerprint density at radius 1 is 1.14 bits per heavy atom. The van der Waals surface area contributed by atoms with Gasteiger partial charge >= 0.3 is 5.97 Å². The van der Waals surface area contributed by atoms with Crippen molar-refractivity contribution in [2.24, 2.45) is 0 Å². The lowest BCUT2D eigenvalue weighted by atomic mass is 9.90. The number of anilines is 1. The third kappa shape index (κ3) is 5.57. The van der Waals surface area contributed by atoms with E-state index in [4.69, 9.17) is 11.7 Å². The first-order chi connectivity index (χ1) is 13.9. The molecule has 1 aliphatic rings. The number of piperidine rings is 1. The Kier molecular flexibility index (Phi) is 6.53. The van der Waals surface area contributed by atoms with Gasteiger partial charge in [0.2, 0.25) is 0 Å². The van der Waals surface area contributed by atoms with Gasteiger partial charge in [0, 0.05) is 38.9 Å². The van der Waals surface area contributed by atoms with Gasteiger partial charge in [-0.2, -0.15) is 0 Å². The van der Waals surface area contributed by atoms with E-state index in [1.807, 2.05) is 36.2 Å². The molecule has 0 atom stereocenters. The molecule has 2 aromatic rings. The predicted octanol–water partition coefficient (Wildman–Crippen LogP) is 3.44. The fraction of sp³-hybridized carbons (Fsp3) is 0.391. The van der Waals surface area contributed by atoms with Crippen LogP contribution < -0.4 is 4.90 Å². The van der Waals surface area contributed by atoms with Crippen molar-refractivity contribution in [2.45, 2.75) is 24.9 Å². The van der Waals surface area contributed by atoms with Crippen molar-refractivity contribution in [2.75, 3.05) is 38.1 Å². The highest BCUT2D eigenvalue weighted by Crippen LogP contribution is 2.26. The average Bonchev–Trinajstić information content (AvgIpc) is 2.73. The van der Waals surface area contributed by atoms with Crippen LogP contribution in [0.3, 0.4) is 0 Å². The van der Waals surface area contributed by atoms with Crippen LogP contribution >= 0.6 is 0 Å². The van der Waals surface area contributed by atoms with Crippen molar-refractivity contribution >= 4 is 17.3 Å². The quantitative estimate of drug-likeness (QED) is 0.706. The number of rotatable bonds is 7. The number of carboxylic acids is 1. The Bertz CT molecular complexity index is 864. The van der Waals surface area contributed by atoms with Crippen LogP contribution in [0.5, 0.6) is 0 Å². The molecule has 1 aliphatic heterocycles. The topological polar surface area (TPSA) is 68.4 Å². The Labute approximate surface area is 171 Å². The summed E-state index contributed by atoms with van der Waals surface area (Å²) in [6, 6.07) is 14.5. The van der Waals surface area contributed by atoms with E-state index in [-0.39, 0.29) is 5.56 Å². The van der Waals surface area contributed by atoms with Crippen molar-refractivity contribution in [1.29, 1.82) is 0 Å². The molecule has 6 heteroatoms. The van der Waals surface area contributed by atoms with Gasteiger partial charge in [-0.15, -0.1) is 0 Å². The second kappa shape index (κ2) is 9.08. The number of likely N-dealkylation sites (N-methyl/N-ethyl adjacent to an activating group) is 1. The molecule has 0 aromatic heterocycles. The highest BCUT2D eigenvalue weighted by molar-refractivity contribution is 5.88. The Morgan fingerprint density at radius 3 is 2.31 bits per heavy atom. The summed E-state index contributed by atoms with van der Waals surface area (Å²) >= 11 is 0. The van der Waals surface area contributed by atoms with Crippen LogP contribution in [-0.4, -0.2) is 59.9 Å². The Hall–Kier alpha value is -2.88. The first-order valence-corrected chi connectivity index (χ1v) is 9.84. The fourth-order valence-corrected chi connectivity index (χ4v) is 3.77. The van der Waals surface area contributed by atoms with E-state index in [9.17, 15) is 9.90 Å². The number of nitrogens with zero attached hydrogens (tertiary/aromatic N) is 3. The normalized spacial score (nSPS) is 16.2. The van der Waals surface area contributed by atoms with E-state index in [2.05, 4.69) is 9.74 Å². The van der Waals surface area contributed by atoms with E-state index in [0.717, 1.165) is 31.7 Å². The number of carboxylic acid groups (broad SMARTS) is 1. The van der Waals surface area contributed by atoms with Gasteiger partial charge in [0.1, 0.15) is 0 Å². The van der Waals surface area contributed by atoms with Gasteiger partial charge in [-0.3, -0.25) is 0 Å². The van der Waals surface area contributed by atoms with Crippen molar-refractivity contribution in [1.82, 2.24) is 4.90 Å². The van der Waals surface area contributed by atoms with Gasteiger partial charge in [-0.25, -0.2) is 9.64 Å². The largest absolute Gasteiger partial charge is 0.478 e. The molecule has 2 N–H and O–H groups in total. The zero-order valence-electron chi connectivity index (χ0n) is 16.7. The molecule has 0 spiro atoms. The van der Waals surface area contributed by atoms with Gasteiger partial charge in [0.25, 0.3) is 0 Å². The van der Waals surface area contributed by atoms with E-state index in [1.165, 1.54) is 5.56 Å². The van der Waals surface area contributed by atoms with Gasteiger partial charge in [-0.05, 0) is 49.1 Å². The molecular formula is C23H27N3O3. The Morgan fingerprint density at radius 2 is 1.76 bits per heavy atom. The van der Waals surface area contributed by atoms with Crippen LogP contribution in [0.2, 0.25) is 0 Å². The van der Waals surface area contributed by atoms with Crippen LogP contribution in [0.1, 0.15) is 28.8 Å². The number of aromatic carboxylic acids is 1. The van der Waals surface area contributed by atoms with Gasteiger partial charge < -0.3 is 20.0 Å². The van der Waals surface area contributed by atoms with Crippen LogP contribution in [-0.2, 0) is 6.42 Å². The lowest BCUT2D eigenvalue weighted by Gasteiger charge is -2.40. The highest BCUT2D eigenvalue weighted by atomic mass is 16.4. The maximum absolute atomic E-state index is 11.0. The zero-order chi connectivity index (χ0) is 20.9. The maximum atomic E-state index is 11.0. The molecule has 29 heavy (non-hydrogen) atoms. The third-order valence-electron chi connectivity index (χ3n) is 5.66. The van der Waals surface area contributed by atoms with Crippen molar-refractivity contribution < 1.29 is 15.0 Å². The van der Waals surface area contributed by atoms with E-state index in [0.29, 0.717) is 25.1 Å². The molecule has 0 bridgehead atoms. The summed E-state index contributed by atoms with van der Waals surface area (Å²) in [5.74, 6) is -0.937. The summed E-state index contributed by atoms with van der Waals surface area (Å²) in [7, 11) is 1.92. The van der Waals surface area contributed by atoms with Crippen molar-refractivity contribution in [3.05, 3.63) is 71.1 Å². The minimum absolute atomic E-state index is 0.262. The van der Waals surface area contributed by atoms with Crippen molar-refractivity contribution in [3.8, 4) is 0 Å². The summed E-state index contributed by atoms with van der Waals surface area (Å²) in [6.07, 6.45) is 2.36. The number of likely N-dealkylation sites (tertiary alicyclic amines) is 1. The SMILES string of the molecule is [C-]#[N+]c1ccc(CCN2CCC(O)(CN(C)c3ccc(C(=O)O)cc3)CC2)cc1. The summed E-state index contributed by atoms with van der Waals surface area (Å²) in [5, 5.41) is 20.0. The number of aliphatic hydroxyl groups is 1. The minimum atomic E-state index is -0.937. The lowest BCUT2D eigenvalue weighted by Crippen LogP contribution is -2.50. The molecule has 0 unspecified atom stereocenters. The summed E-state index contributed by atoms with van der Waals surface area (Å²) < 4.78 is 0. The molecule has 0 saturated carbocycles. The molecule has 0 amide bonds. The van der Waals surface area contributed by atoms with Gasteiger partial charge in [-0.1, -0.05) is 24.3 Å². The van der Waals surface area contributed by atoms with Gasteiger partial charge in [0.15, 0.2) is 5.69 Å². The number of carbonyl (C=O) groups is 1. The maximum Gasteiger partial charge on any atom is 0.335 e. The number of hydrogen-bond acceptors (Lipinski definition) is 4. The lowest BCUT2D eigenvalue weighted by molar-refractivity contribution is -0.0137. The van der Waals surface area contributed by atoms with Crippen molar-refractivity contribution in [3.63, 3.8) is 0 Å². The van der Waals surface area contributed by atoms with Crippen LogP contribution in [0, 0.1) is 6.57 Å². The number of benzene rings is 2. The first-order valence-electron chi connectivity index (χ1n) is 9.84. The third-order valence-corrected chi connectivity index (χ3v) is 5.66. The molecule has 1 saturated heterocycles. The molecular weight excluding hydrogens is 366 g/mol. The van der Waals surface area contributed by atoms with Crippen LogP contribution in [0.15, 0.2) is 48.5 Å². The molecule has 0 aliphatic carbocycles. The summed E-state index contributed by atoms with van der Waals surface area (Å²) in [4.78, 5) is 18.8. The minimum Gasteiger partial charge on any atom is -0.478 e. The first kappa shape index (κ1) is 20.8. The summed E-state index contributed by atoms with van der Waals surface area (Å²) in [5.41, 5.74) is 2.31. The van der Waals surface area contributed by atoms with Crippen LogP contribution in [0.25, 0.3) is 4.85 Å². The molecule has 1 heterocycles.